The first-order chi connectivity index (χ1) is 19.5. The molecule has 0 saturated carbocycles. The summed E-state index contributed by atoms with van der Waals surface area (Å²) in [5.74, 6) is -0.0725. The molecule has 1 amide bonds. The first-order valence-electron chi connectivity index (χ1n) is 14.6. The van der Waals surface area contributed by atoms with E-state index in [1.165, 1.54) is 47.1 Å². The average molecular weight is 548 g/mol. The van der Waals surface area contributed by atoms with Gasteiger partial charge in [-0.15, -0.1) is 0 Å². The van der Waals surface area contributed by atoms with Gasteiger partial charge in [0.05, 0.1) is 0 Å². The van der Waals surface area contributed by atoms with Crippen LogP contribution in [0.5, 0.6) is 0 Å². The first-order valence-corrected chi connectivity index (χ1v) is 14.6. The summed E-state index contributed by atoms with van der Waals surface area (Å²) in [4.78, 5) is 11.6. The number of carbonyl (C=O) groups excluding carboxylic acids is 1. The lowest BCUT2D eigenvalue weighted by Gasteiger charge is -2.32. The highest BCUT2D eigenvalue weighted by atomic mass is 16.1. The predicted octanol–water partition coefficient (Wildman–Crippen LogP) is 10.6. The largest absolute Gasteiger partial charge is 0.355 e. The third kappa shape index (κ3) is 12.4. The normalized spacial score (nSPS) is 17.8. The van der Waals surface area contributed by atoms with Gasteiger partial charge in [0.1, 0.15) is 0 Å². The lowest BCUT2D eigenvalue weighted by molar-refractivity contribution is 0.0963. The van der Waals surface area contributed by atoms with Crippen molar-refractivity contribution >= 4 is 12.0 Å². The molecule has 2 heteroatoms. The van der Waals surface area contributed by atoms with Crippen molar-refractivity contribution in [3.63, 3.8) is 0 Å². The van der Waals surface area contributed by atoms with Gasteiger partial charge in [0.25, 0.3) is 5.91 Å². The van der Waals surface area contributed by atoms with Crippen molar-refractivity contribution in [3.8, 4) is 0 Å². The van der Waals surface area contributed by atoms with Crippen LogP contribution in [0.1, 0.15) is 83.7 Å². The molecule has 1 aromatic rings. The van der Waals surface area contributed by atoms with Gasteiger partial charge in [-0.25, -0.2) is 0 Å². The van der Waals surface area contributed by atoms with E-state index in [-0.39, 0.29) is 11.3 Å². The summed E-state index contributed by atoms with van der Waals surface area (Å²) >= 11 is 0. The SMILES string of the molecule is CNC(=O)c1ccc(/C=C/C(C)=C/C=C/C(C)=C/C=C/C=C(C)/C=C/C=C(C)/C=C/C2=C(C)CCCC2(C)C)cc1. The number of carbonyl (C=O) groups is 1. The van der Waals surface area contributed by atoms with Crippen molar-refractivity contribution < 1.29 is 4.79 Å². The van der Waals surface area contributed by atoms with Crippen LogP contribution >= 0.6 is 0 Å². The minimum absolute atomic E-state index is 0.0725. The van der Waals surface area contributed by atoms with E-state index < -0.39 is 0 Å². The number of rotatable bonds is 11. The topological polar surface area (TPSA) is 29.1 Å². The number of allylic oxidation sites excluding steroid dienone is 19. The number of benzene rings is 1. The molecule has 1 aliphatic rings. The van der Waals surface area contributed by atoms with E-state index in [0.717, 1.165) is 11.1 Å². The fourth-order valence-electron chi connectivity index (χ4n) is 4.68. The summed E-state index contributed by atoms with van der Waals surface area (Å²) in [6.07, 6.45) is 33.6. The molecule has 0 radical (unpaired) electrons. The van der Waals surface area contributed by atoms with Crippen LogP contribution in [0.2, 0.25) is 0 Å². The monoisotopic (exact) mass is 547 g/mol. The van der Waals surface area contributed by atoms with Gasteiger partial charge in [0.15, 0.2) is 0 Å². The van der Waals surface area contributed by atoms with E-state index in [2.05, 4.69) is 133 Å². The Kier molecular flexibility index (Phi) is 13.8. The highest BCUT2D eigenvalue weighted by molar-refractivity contribution is 5.94. The molecular formula is C39H49NO. The zero-order valence-electron chi connectivity index (χ0n) is 26.4. The summed E-state index contributed by atoms with van der Waals surface area (Å²) in [5, 5.41) is 2.64. The predicted molar refractivity (Wildman–Crippen MR) is 181 cm³/mol. The van der Waals surface area contributed by atoms with Crippen LogP contribution in [-0.4, -0.2) is 13.0 Å². The molecule has 2 nitrogen and oxygen atoms in total. The molecule has 0 spiro atoms. The first kappa shape index (κ1) is 33.3. The molecule has 0 aromatic heterocycles. The molecule has 0 bridgehead atoms. The number of hydrogen-bond acceptors (Lipinski definition) is 1. The molecule has 2 rings (SSSR count). The fraction of sp³-hybridized carbons (Fsp3) is 0.308. The van der Waals surface area contributed by atoms with Gasteiger partial charge in [-0.05, 0) is 82.6 Å². The lowest BCUT2D eigenvalue weighted by atomic mass is 9.72. The quantitative estimate of drug-likeness (QED) is 0.274. The van der Waals surface area contributed by atoms with E-state index in [0.29, 0.717) is 5.56 Å². The third-order valence-electron chi connectivity index (χ3n) is 7.26. The van der Waals surface area contributed by atoms with Crippen molar-refractivity contribution in [2.45, 2.75) is 67.7 Å². The molecule has 1 N–H and O–H groups in total. The number of amides is 1. The molecule has 216 valence electrons. The third-order valence-corrected chi connectivity index (χ3v) is 7.26. The highest BCUT2D eigenvalue weighted by Crippen LogP contribution is 2.40. The number of nitrogens with one attached hydrogen (secondary N) is 1. The van der Waals surface area contributed by atoms with Crippen molar-refractivity contribution in [2.24, 2.45) is 5.41 Å². The van der Waals surface area contributed by atoms with Crippen LogP contribution in [0.3, 0.4) is 0 Å². The molecule has 0 fully saturated rings. The Morgan fingerprint density at radius 2 is 1.22 bits per heavy atom. The summed E-state index contributed by atoms with van der Waals surface area (Å²) in [7, 11) is 1.64. The molecule has 0 aliphatic heterocycles. The Morgan fingerprint density at radius 3 is 1.73 bits per heavy atom. The van der Waals surface area contributed by atoms with Crippen LogP contribution in [0.15, 0.2) is 137 Å². The Labute approximate surface area is 249 Å². The minimum atomic E-state index is -0.0725. The maximum absolute atomic E-state index is 11.6. The lowest BCUT2D eigenvalue weighted by Crippen LogP contribution is -2.19. The highest BCUT2D eigenvalue weighted by Gasteiger charge is 2.26. The second kappa shape index (κ2) is 17.0. The van der Waals surface area contributed by atoms with Gasteiger partial charge < -0.3 is 5.32 Å². The van der Waals surface area contributed by atoms with Gasteiger partial charge in [-0.3, -0.25) is 4.79 Å². The zero-order chi connectivity index (χ0) is 30.3. The van der Waals surface area contributed by atoms with E-state index in [1.54, 1.807) is 7.05 Å². The van der Waals surface area contributed by atoms with E-state index in [9.17, 15) is 4.79 Å². The van der Waals surface area contributed by atoms with E-state index >= 15 is 0 Å². The van der Waals surface area contributed by atoms with Crippen molar-refractivity contribution in [1.82, 2.24) is 5.32 Å². The van der Waals surface area contributed by atoms with Crippen molar-refractivity contribution in [3.05, 3.63) is 148 Å². The minimum Gasteiger partial charge on any atom is -0.355 e. The summed E-state index contributed by atoms with van der Waals surface area (Å²) < 4.78 is 0. The summed E-state index contributed by atoms with van der Waals surface area (Å²) in [6.45, 7) is 15.5. The van der Waals surface area contributed by atoms with Gasteiger partial charge in [-0.1, -0.05) is 139 Å². The standard InChI is InChI=1S/C39H49NO/c1-30(16-11-18-32(3)21-23-35-24-26-36(27-25-35)38(41)40-8)14-9-10-15-31(2)17-12-19-33(4)22-28-37-34(5)20-13-29-39(37,6)7/h9-12,14-19,21-28H,13,20,29H2,1-8H3,(H,40,41)/b10-9+,16-11+,17-12+,23-21+,28-22+,30-14+,31-15+,32-18+,33-19+. The van der Waals surface area contributed by atoms with Gasteiger partial charge in [0.2, 0.25) is 0 Å². The second-order valence-electron chi connectivity index (χ2n) is 11.5. The smallest absolute Gasteiger partial charge is 0.251 e. The van der Waals surface area contributed by atoms with Crippen LogP contribution in [0.4, 0.5) is 0 Å². The molecule has 0 saturated heterocycles. The van der Waals surface area contributed by atoms with Crippen molar-refractivity contribution in [2.75, 3.05) is 7.05 Å². The Morgan fingerprint density at radius 1 is 0.732 bits per heavy atom. The van der Waals surface area contributed by atoms with Crippen LogP contribution < -0.4 is 5.32 Å². The van der Waals surface area contributed by atoms with E-state index in [4.69, 9.17) is 0 Å². The molecule has 0 unspecified atom stereocenters. The summed E-state index contributed by atoms with van der Waals surface area (Å²) in [5.41, 5.74) is 9.83. The maximum atomic E-state index is 11.6. The molecule has 1 aliphatic carbocycles. The van der Waals surface area contributed by atoms with Gasteiger partial charge in [-0.2, -0.15) is 0 Å². The van der Waals surface area contributed by atoms with Crippen LogP contribution in [0.25, 0.3) is 6.08 Å². The van der Waals surface area contributed by atoms with Crippen LogP contribution in [0, 0.1) is 5.41 Å². The van der Waals surface area contributed by atoms with Crippen molar-refractivity contribution in [1.29, 1.82) is 0 Å². The fourth-order valence-corrected chi connectivity index (χ4v) is 4.68. The summed E-state index contributed by atoms with van der Waals surface area (Å²) in [6, 6.07) is 7.56. The Bertz CT molecular complexity index is 1340. The second-order valence-corrected chi connectivity index (χ2v) is 11.5. The molecule has 41 heavy (non-hydrogen) atoms. The Balaban J connectivity index is 1.86. The average Bonchev–Trinajstić information content (AvgIpc) is 2.93. The molecule has 0 heterocycles. The van der Waals surface area contributed by atoms with Gasteiger partial charge >= 0.3 is 0 Å². The van der Waals surface area contributed by atoms with Crippen LogP contribution in [-0.2, 0) is 0 Å². The molecule has 0 atom stereocenters. The Hall–Kier alpha value is -3.91. The molecule has 1 aromatic carbocycles. The maximum Gasteiger partial charge on any atom is 0.251 e. The zero-order valence-corrected chi connectivity index (χ0v) is 26.4. The van der Waals surface area contributed by atoms with E-state index in [1.807, 2.05) is 30.3 Å². The van der Waals surface area contributed by atoms with Gasteiger partial charge in [0, 0.05) is 12.6 Å². The molecular weight excluding hydrogens is 498 g/mol. The number of hydrogen-bond donors (Lipinski definition) is 1.